The molecule has 1 aromatic rings. The Balaban J connectivity index is 2.76. The van der Waals surface area contributed by atoms with E-state index in [9.17, 15) is 9.59 Å². The van der Waals surface area contributed by atoms with Gasteiger partial charge in [-0.3, -0.25) is 4.79 Å². The fraction of sp³-hybridized carbons (Fsp3) is 0.429. The number of urea groups is 1. The van der Waals surface area contributed by atoms with Crippen LogP contribution in [0.1, 0.15) is 11.1 Å². The monoisotopic (exact) mass is 280 g/mol. The summed E-state index contributed by atoms with van der Waals surface area (Å²) in [7, 11) is 1.50. The van der Waals surface area contributed by atoms with Crippen molar-refractivity contribution in [3.05, 3.63) is 29.3 Å². The summed E-state index contributed by atoms with van der Waals surface area (Å²) in [5, 5.41) is 11.5. The van der Waals surface area contributed by atoms with Crippen molar-refractivity contribution < 1.29 is 19.4 Å². The summed E-state index contributed by atoms with van der Waals surface area (Å²) in [6.07, 6.45) is 0. The van der Waals surface area contributed by atoms with Crippen molar-refractivity contribution in [3.8, 4) is 0 Å². The molecule has 0 bridgehead atoms. The molecule has 0 unspecified atom stereocenters. The number of carbonyl (C=O) groups excluding carboxylic acids is 1. The van der Waals surface area contributed by atoms with Crippen LogP contribution in [0, 0.1) is 13.8 Å². The second-order valence-corrected chi connectivity index (χ2v) is 4.56. The number of amides is 2. The van der Waals surface area contributed by atoms with Crippen LogP contribution in [0.25, 0.3) is 0 Å². The Morgan fingerprint density at radius 1 is 1.35 bits per heavy atom. The molecule has 110 valence electrons. The lowest BCUT2D eigenvalue weighted by atomic mass is 10.1. The molecule has 0 saturated heterocycles. The number of hydrogen-bond acceptors (Lipinski definition) is 3. The van der Waals surface area contributed by atoms with E-state index < -0.39 is 12.0 Å². The third-order valence-electron chi connectivity index (χ3n) is 2.80. The molecule has 1 aromatic carbocycles. The number of benzene rings is 1. The molecular weight excluding hydrogens is 260 g/mol. The zero-order chi connectivity index (χ0) is 15.1. The number of aliphatic carboxylic acids is 1. The summed E-state index contributed by atoms with van der Waals surface area (Å²) in [5.41, 5.74) is 2.70. The van der Waals surface area contributed by atoms with Gasteiger partial charge in [0.25, 0.3) is 0 Å². The van der Waals surface area contributed by atoms with E-state index in [0.717, 1.165) is 11.1 Å². The lowest BCUT2D eigenvalue weighted by molar-refractivity contribution is -0.137. The standard InChI is InChI=1S/C14H20N2O4/c1-10-4-5-12(11(2)8-10)15-14(19)16(6-7-20-3)9-13(17)18/h4-5,8H,6-7,9H2,1-3H3,(H,15,19)(H,17,18). The molecule has 2 amide bonds. The number of hydrogen-bond donors (Lipinski definition) is 2. The van der Waals surface area contributed by atoms with E-state index >= 15 is 0 Å². The average Bonchev–Trinajstić information content (AvgIpc) is 2.37. The Bertz CT molecular complexity index is 488. The van der Waals surface area contributed by atoms with Gasteiger partial charge < -0.3 is 20.1 Å². The van der Waals surface area contributed by atoms with Crippen LogP contribution in [0.5, 0.6) is 0 Å². The van der Waals surface area contributed by atoms with Gasteiger partial charge in [-0.15, -0.1) is 0 Å². The molecule has 6 nitrogen and oxygen atoms in total. The molecule has 0 spiro atoms. The van der Waals surface area contributed by atoms with Crippen molar-refractivity contribution in [2.24, 2.45) is 0 Å². The van der Waals surface area contributed by atoms with Crippen LogP contribution in [0.15, 0.2) is 18.2 Å². The molecule has 0 aliphatic heterocycles. The summed E-state index contributed by atoms with van der Waals surface area (Å²) in [6.45, 7) is 4.00. The quantitative estimate of drug-likeness (QED) is 0.833. The number of carboxylic acid groups (broad SMARTS) is 1. The normalized spacial score (nSPS) is 10.2. The van der Waals surface area contributed by atoms with Gasteiger partial charge in [-0.2, -0.15) is 0 Å². The van der Waals surface area contributed by atoms with Crippen molar-refractivity contribution in [1.82, 2.24) is 4.90 Å². The van der Waals surface area contributed by atoms with Crippen LogP contribution in [-0.4, -0.2) is 48.8 Å². The van der Waals surface area contributed by atoms with Gasteiger partial charge in [-0.05, 0) is 25.5 Å². The molecule has 0 heterocycles. The number of rotatable bonds is 6. The number of aryl methyl sites for hydroxylation is 2. The Kier molecular flexibility index (Phi) is 5.99. The zero-order valence-electron chi connectivity index (χ0n) is 12.0. The van der Waals surface area contributed by atoms with Gasteiger partial charge in [-0.1, -0.05) is 17.7 Å². The first-order valence-electron chi connectivity index (χ1n) is 6.28. The van der Waals surface area contributed by atoms with Crippen LogP contribution in [0.2, 0.25) is 0 Å². The van der Waals surface area contributed by atoms with Crippen LogP contribution in [0.3, 0.4) is 0 Å². The fourth-order valence-electron chi connectivity index (χ4n) is 1.77. The number of nitrogens with one attached hydrogen (secondary N) is 1. The molecule has 2 N–H and O–H groups in total. The number of methoxy groups -OCH3 is 1. The summed E-state index contributed by atoms with van der Waals surface area (Å²) < 4.78 is 4.88. The van der Waals surface area contributed by atoms with Crippen molar-refractivity contribution in [1.29, 1.82) is 0 Å². The van der Waals surface area contributed by atoms with Gasteiger partial charge in [0.15, 0.2) is 0 Å². The maximum Gasteiger partial charge on any atom is 0.323 e. The van der Waals surface area contributed by atoms with Gasteiger partial charge in [0.05, 0.1) is 6.61 Å². The number of carbonyl (C=O) groups is 2. The molecule has 0 saturated carbocycles. The lowest BCUT2D eigenvalue weighted by Gasteiger charge is -2.21. The maximum absolute atomic E-state index is 12.1. The van der Waals surface area contributed by atoms with E-state index in [1.807, 2.05) is 26.0 Å². The van der Waals surface area contributed by atoms with E-state index in [2.05, 4.69) is 5.32 Å². The zero-order valence-corrected chi connectivity index (χ0v) is 12.0. The first-order chi connectivity index (χ1) is 9.43. The van der Waals surface area contributed by atoms with Gasteiger partial charge in [-0.25, -0.2) is 4.79 Å². The Hall–Kier alpha value is -2.08. The molecule has 1 rings (SSSR count). The second-order valence-electron chi connectivity index (χ2n) is 4.56. The van der Waals surface area contributed by atoms with Crippen molar-refractivity contribution in [2.75, 3.05) is 32.1 Å². The summed E-state index contributed by atoms with van der Waals surface area (Å²) in [4.78, 5) is 24.1. The van der Waals surface area contributed by atoms with E-state index in [1.54, 1.807) is 6.07 Å². The molecule has 0 radical (unpaired) electrons. The van der Waals surface area contributed by atoms with Crippen LogP contribution in [-0.2, 0) is 9.53 Å². The molecule has 0 aliphatic rings. The van der Waals surface area contributed by atoms with E-state index in [-0.39, 0.29) is 19.7 Å². The minimum absolute atomic E-state index is 0.222. The van der Waals surface area contributed by atoms with Crippen LogP contribution < -0.4 is 5.32 Å². The fourth-order valence-corrected chi connectivity index (χ4v) is 1.77. The third kappa shape index (κ3) is 4.89. The number of nitrogens with zero attached hydrogens (tertiary/aromatic N) is 1. The maximum atomic E-state index is 12.1. The predicted molar refractivity (Wildman–Crippen MR) is 76.0 cm³/mol. The van der Waals surface area contributed by atoms with Gasteiger partial charge in [0.1, 0.15) is 6.54 Å². The molecule has 0 aromatic heterocycles. The van der Waals surface area contributed by atoms with Gasteiger partial charge in [0, 0.05) is 19.3 Å². The van der Waals surface area contributed by atoms with Gasteiger partial charge >= 0.3 is 12.0 Å². The summed E-state index contributed by atoms with van der Waals surface area (Å²) in [6, 6.07) is 5.19. The Morgan fingerprint density at radius 3 is 2.60 bits per heavy atom. The molecule has 6 heteroatoms. The Morgan fingerprint density at radius 2 is 2.05 bits per heavy atom. The number of carboxylic acids is 1. The highest BCUT2D eigenvalue weighted by Gasteiger charge is 2.17. The third-order valence-corrected chi connectivity index (χ3v) is 2.80. The van der Waals surface area contributed by atoms with Gasteiger partial charge in [0.2, 0.25) is 0 Å². The highest BCUT2D eigenvalue weighted by molar-refractivity contribution is 5.92. The van der Waals surface area contributed by atoms with Crippen molar-refractivity contribution in [2.45, 2.75) is 13.8 Å². The van der Waals surface area contributed by atoms with Crippen LogP contribution in [0.4, 0.5) is 10.5 Å². The lowest BCUT2D eigenvalue weighted by Crippen LogP contribution is -2.40. The molecule has 0 fully saturated rings. The number of ether oxygens (including phenoxy) is 1. The molecule has 0 atom stereocenters. The second kappa shape index (κ2) is 7.49. The van der Waals surface area contributed by atoms with E-state index in [1.165, 1.54) is 12.0 Å². The molecule has 0 aliphatic carbocycles. The topological polar surface area (TPSA) is 78.9 Å². The van der Waals surface area contributed by atoms with E-state index in [0.29, 0.717) is 5.69 Å². The minimum Gasteiger partial charge on any atom is -0.480 e. The average molecular weight is 280 g/mol. The minimum atomic E-state index is -1.06. The largest absolute Gasteiger partial charge is 0.480 e. The SMILES string of the molecule is COCCN(CC(=O)O)C(=O)Nc1ccc(C)cc1C. The number of anilines is 1. The smallest absolute Gasteiger partial charge is 0.323 e. The Labute approximate surface area is 118 Å². The predicted octanol–water partition coefficient (Wildman–Crippen LogP) is 1.87. The highest BCUT2D eigenvalue weighted by Crippen LogP contribution is 2.16. The summed E-state index contributed by atoms with van der Waals surface area (Å²) >= 11 is 0. The molecule has 20 heavy (non-hydrogen) atoms. The highest BCUT2D eigenvalue weighted by atomic mass is 16.5. The molecular formula is C14H20N2O4. The van der Waals surface area contributed by atoms with Crippen molar-refractivity contribution in [3.63, 3.8) is 0 Å². The first kappa shape index (κ1) is 16.0. The first-order valence-corrected chi connectivity index (χ1v) is 6.28. The van der Waals surface area contributed by atoms with Crippen LogP contribution >= 0.6 is 0 Å². The summed E-state index contributed by atoms with van der Waals surface area (Å²) in [5.74, 6) is -1.06. The van der Waals surface area contributed by atoms with Crippen molar-refractivity contribution >= 4 is 17.7 Å². The van der Waals surface area contributed by atoms with E-state index in [4.69, 9.17) is 9.84 Å².